The van der Waals surface area contributed by atoms with Gasteiger partial charge in [0.1, 0.15) is 13.2 Å². The Balaban J connectivity index is 1.44. The summed E-state index contributed by atoms with van der Waals surface area (Å²) in [6.45, 7) is 4.88. The number of aryl methyl sites for hydroxylation is 2. The molecular formula is C21H20N4O3. The van der Waals surface area contributed by atoms with Crippen LogP contribution < -0.4 is 20.1 Å². The standard InChI is InChI=1S/C21H20N4O3/c1-13-11-14(2)23-21(22-13)25-16-5-3-15(4-6-16)20(26)24-17-7-8-18-19(12-17)28-10-9-27-18/h3-8,11-12H,9-10H2,1-2H3,(H,24,26)(H,22,23,25). The number of hydrogen-bond donors (Lipinski definition) is 2. The van der Waals surface area contributed by atoms with Gasteiger partial charge >= 0.3 is 0 Å². The molecule has 2 aromatic carbocycles. The highest BCUT2D eigenvalue weighted by atomic mass is 16.6. The molecule has 1 aliphatic heterocycles. The Hall–Kier alpha value is -3.61. The Labute approximate surface area is 162 Å². The van der Waals surface area contributed by atoms with Gasteiger partial charge in [0.2, 0.25) is 5.95 Å². The van der Waals surface area contributed by atoms with Crippen LogP contribution in [0.5, 0.6) is 11.5 Å². The number of carbonyl (C=O) groups excluding carboxylic acids is 1. The molecule has 0 saturated heterocycles. The number of carbonyl (C=O) groups is 1. The molecule has 4 rings (SSSR count). The van der Waals surface area contributed by atoms with Crippen LogP contribution in [0.15, 0.2) is 48.5 Å². The van der Waals surface area contributed by atoms with Gasteiger partial charge in [-0.3, -0.25) is 4.79 Å². The number of anilines is 3. The fourth-order valence-corrected chi connectivity index (χ4v) is 2.94. The van der Waals surface area contributed by atoms with E-state index in [2.05, 4.69) is 20.6 Å². The maximum atomic E-state index is 12.5. The number of amides is 1. The lowest BCUT2D eigenvalue weighted by Gasteiger charge is -2.19. The van der Waals surface area contributed by atoms with Crippen molar-refractivity contribution in [2.24, 2.45) is 0 Å². The molecule has 2 N–H and O–H groups in total. The maximum absolute atomic E-state index is 12.5. The number of hydrogen-bond acceptors (Lipinski definition) is 6. The lowest BCUT2D eigenvalue weighted by molar-refractivity contribution is 0.102. The molecule has 1 amide bonds. The SMILES string of the molecule is Cc1cc(C)nc(Nc2ccc(C(=O)Nc3ccc4c(c3)OCCO4)cc2)n1. The zero-order valence-corrected chi connectivity index (χ0v) is 15.7. The average molecular weight is 376 g/mol. The molecule has 7 heteroatoms. The minimum absolute atomic E-state index is 0.203. The van der Waals surface area contributed by atoms with Gasteiger partial charge in [-0.2, -0.15) is 0 Å². The van der Waals surface area contributed by atoms with E-state index in [9.17, 15) is 4.79 Å². The summed E-state index contributed by atoms with van der Waals surface area (Å²) in [6, 6.07) is 14.4. The zero-order chi connectivity index (χ0) is 19.5. The molecule has 142 valence electrons. The summed E-state index contributed by atoms with van der Waals surface area (Å²) in [4.78, 5) is 21.2. The Morgan fingerprint density at radius 1 is 0.857 bits per heavy atom. The van der Waals surface area contributed by atoms with E-state index in [1.807, 2.05) is 32.0 Å². The van der Waals surface area contributed by atoms with Gasteiger partial charge in [0.05, 0.1) is 0 Å². The first-order valence-corrected chi connectivity index (χ1v) is 8.97. The number of rotatable bonds is 4. The van der Waals surface area contributed by atoms with E-state index in [1.54, 1.807) is 30.3 Å². The first-order chi connectivity index (χ1) is 13.6. The molecule has 7 nitrogen and oxygen atoms in total. The fraction of sp³-hybridized carbons (Fsp3) is 0.190. The van der Waals surface area contributed by atoms with Gasteiger partial charge in [0.15, 0.2) is 11.5 Å². The van der Waals surface area contributed by atoms with E-state index in [1.165, 1.54) is 0 Å². The average Bonchev–Trinajstić information content (AvgIpc) is 2.67. The van der Waals surface area contributed by atoms with Crippen molar-refractivity contribution < 1.29 is 14.3 Å². The molecule has 0 unspecified atom stereocenters. The Morgan fingerprint density at radius 3 is 2.21 bits per heavy atom. The third-order valence-electron chi connectivity index (χ3n) is 4.19. The predicted molar refractivity (Wildman–Crippen MR) is 107 cm³/mol. The van der Waals surface area contributed by atoms with Crippen LogP contribution in [-0.2, 0) is 0 Å². The largest absolute Gasteiger partial charge is 0.486 e. The maximum Gasteiger partial charge on any atom is 0.255 e. The van der Waals surface area contributed by atoms with Crippen molar-refractivity contribution in [2.45, 2.75) is 13.8 Å². The van der Waals surface area contributed by atoms with E-state index in [0.29, 0.717) is 41.9 Å². The van der Waals surface area contributed by atoms with Crippen LogP contribution in [0.25, 0.3) is 0 Å². The molecule has 0 radical (unpaired) electrons. The minimum Gasteiger partial charge on any atom is -0.486 e. The number of benzene rings is 2. The third-order valence-corrected chi connectivity index (χ3v) is 4.19. The molecule has 1 aliphatic rings. The molecule has 0 saturated carbocycles. The zero-order valence-electron chi connectivity index (χ0n) is 15.7. The summed E-state index contributed by atoms with van der Waals surface area (Å²) in [5.41, 5.74) is 3.79. The van der Waals surface area contributed by atoms with Crippen LogP contribution in [0.2, 0.25) is 0 Å². The Morgan fingerprint density at radius 2 is 1.50 bits per heavy atom. The summed E-state index contributed by atoms with van der Waals surface area (Å²) in [7, 11) is 0. The lowest BCUT2D eigenvalue weighted by atomic mass is 10.2. The monoisotopic (exact) mass is 376 g/mol. The van der Waals surface area contributed by atoms with Crippen LogP contribution in [-0.4, -0.2) is 29.1 Å². The van der Waals surface area contributed by atoms with Gasteiger partial charge < -0.3 is 20.1 Å². The summed E-state index contributed by atoms with van der Waals surface area (Å²) in [5, 5.41) is 6.02. The van der Waals surface area contributed by atoms with E-state index in [4.69, 9.17) is 9.47 Å². The lowest BCUT2D eigenvalue weighted by Crippen LogP contribution is -2.16. The smallest absolute Gasteiger partial charge is 0.255 e. The number of aromatic nitrogens is 2. The van der Waals surface area contributed by atoms with Gasteiger partial charge in [0.25, 0.3) is 5.91 Å². The van der Waals surface area contributed by atoms with Crippen LogP contribution in [0, 0.1) is 13.8 Å². The highest BCUT2D eigenvalue weighted by Gasteiger charge is 2.13. The summed E-state index contributed by atoms with van der Waals surface area (Å²) in [5.74, 6) is 1.65. The highest BCUT2D eigenvalue weighted by Crippen LogP contribution is 2.32. The van der Waals surface area contributed by atoms with E-state index >= 15 is 0 Å². The topological polar surface area (TPSA) is 85.4 Å². The van der Waals surface area contributed by atoms with Crippen molar-refractivity contribution in [3.05, 3.63) is 65.5 Å². The minimum atomic E-state index is -0.203. The highest BCUT2D eigenvalue weighted by molar-refractivity contribution is 6.04. The quantitative estimate of drug-likeness (QED) is 0.719. The summed E-state index contributed by atoms with van der Waals surface area (Å²) in [6.07, 6.45) is 0. The van der Waals surface area contributed by atoms with Crippen molar-refractivity contribution in [1.29, 1.82) is 0 Å². The first kappa shape index (κ1) is 17.8. The normalized spacial score (nSPS) is 12.4. The third kappa shape index (κ3) is 4.03. The summed E-state index contributed by atoms with van der Waals surface area (Å²) >= 11 is 0. The second-order valence-electron chi connectivity index (χ2n) is 6.49. The van der Waals surface area contributed by atoms with E-state index < -0.39 is 0 Å². The van der Waals surface area contributed by atoms with Crippen molar-refractivity contribution in [1.82, 2.24) is 9.97 Å². The van der Waals surface area contributed by atoms with Crippen LogP contribution in [0.4, 0.5) is 17.3 Å². The molecule has 28 heavy (non-hydrogen) atoms. The predicted octanol–water partition coefficient (Wildman–Crippen LogP) is 3.86. The second-order valence-corrected chi connectivity index (χ2v) is 6.49. The summed E-state index contributed by atoms with van der Waals surface area (Å²) < 4.78 is 11.0. The van der Waals surface area contributed by atoms with E-state index in [0.717, 1.165) is 17.1 Å². The molecule has 0 aliphatic carbocycles. The Bertz CT molecular complexity index is 998. The molecule has 0 atom stereocenters. The van der Waals surface area contributed by atoms with E-state index in [-0.39, 0.29) is 5.91 Å². The first-order valence-electron chi connectivity index (χ1n) is 8.97. The molecule has 3 aromatic rings. The molecule has 0 bridgehead atoms. The van der Waals surface area contributed by atoms with Crippen LogP contribution >= 0.6 is 0 Å². The van der Waals surface area contributed by atoms with Crippen LogP contribution in [0.1, 0.15) is 21.7 Å². The van der Waals surface area contributed by atoms with Crippen molar-refractivity contribution in [2.75, 3.05) is 23.8 Å². The fourth-order valence-electron chi connectivity index (χ4n) is 2.94. The van der Waals surface area contributed by atoms with Crippen LogP contribution in [0.3, 0.4) is 0 Å². The number of fused-ring (bicyclic) bond motifs is 1. The second kappa shape index (κ2) is 7.56. The molecule has 1 aromatic heterocycles. The molecule has 0 fully saturated rings. The number of ether oxygens (including phenoxy) is 2. The van der Waals surface area contributed by atoms with Gasteiger partial charge in [-0.15, -0.1) is 0 Å². The Kier molecular flexibility index (Phi) is 4.80. The van der Waals surface area contributed by atoms with Gasteiger partial charge in [-0.1, -0.05) is 0 Å². The number of nitrogens with one attached hydrogen (secondary N) is 2. The van der Waals surface area contributed by atoms with Gasteiger partial charge in [-0.05, 0) is 56.3 Å². The molecule has 2 heterocycles. The number of nitrogens with zero attached hydrogens (tertiary/aromatic N) is 2. The molecule has 0 spiro atoms. The van der Waals surface area contributed by atoms with Crippen molar-refractivity contribution in [3.8, 4) is 11.5 Å². The molecular weight excluding hydrogens is 356 g/mol. The van der Waals surface area contributed by atoms with Crippen molar-refractivity contribution in [3.63, 3.8) is 0 Å². The van der Waals surface area contributed by atoms with Crippen molar-refractivity contribution >= 4 is 23.2 Å². The van der Waals surface area contributed by atoms with Gasteiger partial charge in [-0.25, -0.2) is 9.97 Å². The van der Waals surface area contributed by atoms with Gasteiger partial charge in [0, 0.05) is 34.4 Å².